The van der Waals surface area contributed by atoms with Crippen molar-refractivity contribution in [2.24, 2.45) is 7.05 Å². The molecule has 0 saturated carbocycles. The molecule has 8 nitrogen and oxygen atoms in total. The van der Waals surface area contributed by atoms with Gasteiger partial charge in [-0.05, 0) is 24.6 Å². The van der Waals surface area contributed by atoms with Gasteiger partial charge in [0.05, 0.1) is 36.2 Å². The maximum atomic E-state index is 13.1. The largest absolute Gasteiger partial charge is 0.465 e. The third-order valence-electron chi connectivity index (χ3n) is 4.29. The molecule has 0 fully saturated rings. The smallest absolute Gasteiger partial charge is 0.338 e. The first kappa shape index (κ1) is 18.1. The van der Waals surface area contributed by atoms with Crippen LogP contribution in [0.4, 0.5) is 0 Å². The normalized spacial score (nSPS) is 10.6. The second-order valence-corrected chi connectivity index (χ2v) is 6.00. The molecule has 136 valence electrons. The average Bonchev–Trinajstić information content (AvgIpc) is 2.68. The Kier molecular flexibility index (Phi) is 4.60. The summed E-state index contributed by atoms with van der Waals surface area (Å²) in [7, 11) is 2.69. The summed E-state index contributed by atoms with van der Waals surface area (Å²) in [6.07, 6.45) is 0. The van der Waals surface area contributed by atoms with Gasteiger partial charge in [0.25, 0.3) is 5.56 Å². The molecule has 0 radical (unpaired) electrons. The van der Waals surface area contributed by atoms with Crippen molar-refractivity contribution in [2.75, 3.05) is 7.11 Å². The topological polar surface area (TPSA) is 107 Å². The first-order chi connectivity index (χ1) is 12.9. The van der Waals surface area contributed by atoms with E-state index in [0.717, 1.165) is 4.57 Å². The van der Waals surface area contributed by atoms with E-state index in [0.29, 0.717) is 16.8 Å². The minimum atomic E-state index is -0.690. The van der Waals surface area contributed by atoms with Gasteiger partial charge in [-0.15, -0.1) is 0 Å². The van der Waals surface area contributed by atoms with E-state index < -0.39 is 17.2 Å². The number of hydrogen-bond donors (Lipinski definition) is 0. The van der Waals surface area contributed by atoms with Crippen LogP contribution in [0.2, 0.25) is 0 Å². The second kappa shape index (κ2) is 6.88. The molecular formula is C19H16N4O4. The fourth-order valence-corrected chi connectivity index (χ4v) is 2.95. The molecule has 0 amide bonds. The van der Waals surface area contributed by atoms with Gasteiger partial charge in [-0.3, -0.25) is 13.9 Å². The zero-order chi connectivity index (χ0) is 19.7. The summed E-state index contributed by atoms with van der Waals surface area (Å²) in [6, 6.07) is 10.2. The van der Waals surface area contributed by atoms with Crippen molar-refractivity contribution < 1.29 is 9.53 Å². The minimum absolute atomic E-state index is 0.00369. The van der Waals surface area contributed by atoms with Crippen LogP contribution in [0.15, 0.2) is 39.9 Å². The highest BCUT2D eigenvalue weighted by atomic mass is 16.5. The Bertz CT molecular complexity index is 1230. The Labute approximate surface area is 153 Å². The lowest BCUT2D eigenvalue weighted by Crippen LogP contribution is -2.40. The number of aryl methyl sites for hydroxylation is 2. The summed E-state index contributed by atoms with van der Waals surface area (Å²) in [4.78, 5) is 42.2. The van der Waals surface area contributed by atoms with Crippen LogP contribution < -0.4 is 11.2 Å². The summed E-state index contributed by atoms with van der Waals surface area (Å²) in [6.45, 7) is 1.56. The number of nitrogens with zero attached hydrogens (tertiary/aromatic N) is 4. The molecule has 0 aliphatic heterocycles. The third kappa shape index (κ3) is 3.00. The van der Waals surface area contributed by atoms with Crippen molar-refractivity contribution >= 4 is 17.0 Å². The van der Waals surface area contributed by atoms with E-state index >= 15 is 0 Å². The van der Waals surface area contributed by atoms with Crippen LogP contribution in [0, 0.1) is 18.3 Å². The molecule has 0 saturated heterocycles. The molecule has 0 N–H and O–H groups in total. The number of benzene rings is 1. The van der Waals surface area contributed by atoms with Crippen LogP contribution in [-0.2, 0) is 18.3 Å². The zero-order valence-electron chi connectivity index (χ0n) is 15.0. The maximum Gasteiger partial charge on any atom is 0.338 e. The fourth-order valence-electron chi connectivity index (χ4n) is 2.95. The number of aromatic nitrogens is 3. The Hall–Kier alpha value is -3.73. The highest BCUT2D eigenvalue weighted by molar-refractivity contribution is 6.02. The van der Waals surface area contributed by atoms with Crippen LogP contribution in [0.25, 0.3) is 11.0 Å². The van der Waals surface area contributed by atoms with Gasteiger partial charge >= 0.3 is 11.7 Å². The van der Waals surface area contributed by atoms with E-state index in [1.54, 1.807) is 31.2 Å². The quantitative estimate of drug-likeness (QED) is 0.645. The molecule has 3 aromatic rings. The van der Waals surface area contributed by atoms with E-state index in [4.69, 9.17) is 4.74 Å². The molecule has 0 unspecified atom stereocenters. The Balaban J connectivity index is 2.37. The second-order valence-electron chi connectivity index (χ2n) is 6.00. The number of nitriles is 1. The Morgan fingerprint density at radius 1 is 1.30 bits per heavy atom. The van der Waals surface area contributed by atoms with Crippen molar-refractivity contribution in [3.63, 3.8) is 0 Å². The van der Waals surface area contributed by atoms with Crippen LogP contribution >= 0.6 is 0 Å². The molecule has 0 spiro atoms. The molecule has 8 heteroatoms. The Morgan fingerprint density at radius 2 is 2.00 bits per heavy atom. The molecule has 2 aromatic heterocycles. The van der Waals surface area contributed by atoms with Crippen molar-refractivity contribution in [1.82, 2.24) is 14.1 Å². The number of methoxy groups -OCH3 is 1. The SMILES string of the molecule is COC(=O)c1cc(C)nc2c1c(=O)n(Cc1ccccc1C#N)c(=O)n2C. The molecule has 0 aliphatic rings. The van der Waals surface area contributed by atoms with Gasteiger partial charge < -0.3 is 4.74 Å². The van der Waals surface area contributed by atoms with Crippen molar-refractivity contribution in [3.05, 3.63) is 73.6 Å². The highest BCUT2D eigenvalue weighted by Crippen LogP contribution is 2.15. The summed E-state index contributed by atoms with van der Waals surface area (Å²) in [5.74, 6) is -0.690. The summed E-state index contributed by atoms with van der Waals surface area (Å²) < 4.78 is 6.98. The van der Waals surface area contributed by atoms with E-state index in [1.165, 1.54) is 24.8 Å². The standard InChI is InChI=1S/C19H16N4O4/c1-11-8-14(18(25)27-3)15-16(21-11)22(2)19(26)23(17(15)24)10-13-7-5-4-6-12(13)9-20/h4-8H,10H2,1-3H3. The average molecular weight is 364 g/mol. The Morgan fingerprint density at radius 3 is 2.67 bits per heavy atom. The van der Waals surface area contributed by atoms with Gasteiger partial charge in [-0.2, -0.15) is 5.26 Å². The van der Waals surface area contributed by atoms with Gasteiger partial charge in [0.15, 0.2) is 0 Å². The number of hydrogen-bond acceptors (Lipinski definition) is 6. The number of rotatable bonds is 3. The lowest BCUT2D eigenvalue weighted by molar-refractivity contribution is 0.0602. The van der Waals surface area contributed by atoms with E-state index in [-0.39, 0.29) is 23.1 Å². The van der Waals surface area contributed by atoms with Crippen LogP contribution in [0.3, 0.4) is 0 Å². The van der Waals surface area contributed by atoms with E-state index in [1.807, 2.05) is 6.07 Å². The number of pyridine rings is 1. The van der Waals surface area contributed by atoms with Crippen molar-refractivity contribution in [2.45, 2.75) is 13.5 Å². The van der Waals surface area contributed by atoms with Crippen molar-refractivity contribution in [1.29, 1.82) is 5.26 Å². The number of fused-ring (bicyclic) bond motifs is 1. The molecular weight excluding hydrogens is 348 g/mol. The third-order valence-corrected chi connectivity index (χ3v) is 4.29. The molecule has 27 heavy (non-hydrogen) atoms. The minimum Gasteiger partial charge on any atom is -0.465 e. The van der Waals surface area contributed by atoms with Gasteiger partial charge in [0.1, 0.15) is 5.65 Å². The van der Waals surface area contributed by atoms with Gasteiger partial charge in [0.2, 0.25) is 0 Å². The highest BCUT2D eigenvalue weighted by Gasteiger charge is 2.21. The lowest BCUT2D eigenvalue weighted by atomic mass is 10.1. The fraction of sp³-hybridized carbons (Fsp3) is 0.211. The first-order valence-corrected chi connectivity index (χ1v) is 8.06. The summed E-state index contributed by atoms with van der Waals surface area (Å²) in [5.41, 5.74) is 0.269. The maximum absolute atomic E-state index is 13.1. The van der Waals surface area contributed by atoms with Crippen LogP contribution in [0.1, 0.15) is 27.2 Å². The van der Waals surface area contributed by atoms with Gasteiger partial charge in [0, 0.05) is 12.7 Å². The van der Waals surface area contributed by atoms with E-state index in [2.05, 4.69) is 4.98 Å². The molecule has 0 atom stereocenters. The molecule has 0 aliphatic carbocycles. The lowest BCUT2D eigenvalue weighted by Gasteiger charge is -2.13. The number of esters is 1. The first-order valence-electron chi connectivity index (χ1n) is 8.06. The predicted octanol–water partition coefficient (Wildman–Crippen LogP) is 1.11. The van der Waals surface area contributed by atoms with E-state index in [9.17, 15) is 19.6 Å². The van der Waals surface area contributed by atoms with Gasteiger partial charge in [-0.25, -0.2) is 14.6 Å². The van der Waals surface area contributed by atoms with Crippen molar-refractivity contribution in [3.8, 4) is 6.07 Å². The molecule has 0 bridgehead atoms. The van der Waals surface area contributed by atoms with Crippen LogP contribution in [0.5, 0.6) is 0 Å². The number of ether oxygens (including phenoxy) is 1. The molecule has 2 heterocycles. The number of carbonyl (C=O) groups is 1. The number of carbonyl (C=O) groups excluding carboxylic acids is 1. The monoisotopic (exact) mass is 364 g/mol. The summed E-state index contributed by atoms with van der Waals surface area (Å²) in [5, 5.41) is 9.25. The zero-order valence-corrected chi connectivity index (χ0v) is 15.0. The molecule has 3 rings (SSSR count). The predicted molar refractivity (Wildman–Crippen MR) is 97.6 cm³/mol. The molecule has 1 aromatic carbocycles. The summed E-state index contributed by atoms with van der Waals surface area (Å²) >= 11 is 0. The van der Waals surface area contributed by atoms with Crippen LogP contribution in [-0.4, -0.2) is 27.2 Å². The van der Waals surface area contributed by atoms with Gasteiger partial charge in [-0.1, -0.05) is 18.2 Å².